The Balaban J connectivity index is 1.14. The molecule has 4 heteroatoms. The van der Waals surface area contributed by atoms with Crippen LogP contribution in [0.25, 0.3) is 86.3 Å². The molecular weight excluding hydrogens is 655 g/mol. The minimum atomic E-state index is 0.852. The Morgan fingerprint density at radius 3 is 1.63 bits per heavy atom. The van der Waals surface area contributed by atoms with E-state index in [1.54, 1.807) is 0 Å². The molecule has 0 spiro atoms. The molecule has 0 radical (unpaired) electrons. The zero-order valence-electron chi connectivity index (χ0n) is 27.9. The smallest absolute Gasteiger partial charge is 0.159 e. The van der Waals surface area contributed by atoms with Crippen molar-refractivity contribution in [1.82, 2.24) is 0 Å². The second kappa shape index (κ2) is 11.5. The molecular formula is C48H29NO2S. The van der Waals surface area contributed by atoms with E-state index in [0.29, 0.717) is 0 Å². The van der Waals surface area contributed by atoms with Crippen LogP contribution in [0.4, 0.5) is 17.1 Å². The number of hydrogen-bond acceptors (Lipinski definition) is 4. The number of hydrogen-bond donors (Lipinski definition) is 0. The standard InChI is InChI=1S/C48H29NO2S/c1-4-25-43-36(16-1)39-21-9-19-34(46(39)50-43)30-12-7-14-32(28-30)49(42-24-11-22-40-37-17-2-5-26-44(37)51-47(40)42)33-15-8-13-31(29-33)35-20-10-23-41-38-18-3-6-27-45(38)52-48(35)41/h1-29H. The summed E-state index contributed by atoms with van der Waals surface area (Å²) in [5.74, 6) is 0. The van der Waals surface area contributed by atoms with E-state index in [1.807, 2.05) is 35.6 Å². The lowest BCUT2D eigenvalue weighted by atomic mass is 10.00. The number of thiophene rings is 1. The van der Waals surface area contributed by atoms with Gasteiger partial charge in [0.25, 0.3) is 0 Å². The normalized spacial score (nSPS) is 11.8. The minimum Gasteiger partial charge on any atom is -0.455 e. The monoisotopic (exact) mass is 683 g/mol. The number of furan rings is 2. The van der Waals surface area contributed by atoms with Crippen molar-refractivity contribution in [3.05, 3.63) is 176 Å². The van der Waals surface area contributed by atoms with E-state index in [1.165, 1.54) is 31.3 Å². The average Bonchev–Trinajstić information content (AvgIpc) is 3.90. The van der Waals surface area contributed by atoms with E-state index in [4.69, 9.17) is 8.83 Å². The van der Waals surface area contributed by atoms with Gasteiger partial charge in [0.05, 0.1) is 5.69 Å². The Bertz CT molecular complexity index is 3010. The van der Waals surface area contributed by atoms with Gasteiger partial charge >= 0.3 is 0 Å². The summed E-state index contributed by atoms with van der Waals surface area (Å²) in [5.41, 5.74) is 11.1. The molecule has 0 saturated heterocycles. The fourth-order valence-corrected chi connectivity index (χ4v) is 9.15. The van der Waals surface area contributed by atoms with E-state index in [0.717, 1.165) is 72.1 Å². The van der Waals surface area contributed by atoms with Gasteiger partial charge in [0.15, 0.2) is 5.58 Å². The molecule has 0 N–H and O–H groups in total. The molecule has 0 atom stereocenters. The number of fused-ring (bicyclic) bond motifs is 9. The molecule has 0 saturated carbocycles. The van der Waals surface area contributed by atoms with Crippen molar-refractivity contribution in [3.63, 3.8) is 0 Å². The summed E-state index contributed by atoms with van der Waals surface area (Å²) in [6, 6.07) is 62.4. The lowest BCUT2D eigenvalue weighted by Gasteiger charge is -2.26. The summed E-state index contributed by atoms with van der Waals surface area (Å²) in [6.07, 6.45) is 0. The third-order valence-corrected chi connectivity index (χ3v) is 11.5. The van der Waals surface area contributed by atoms with E-state index < -0.39 is 0 Å². The van der Waals surface area contributed by atoms with Gasteiger partial charge in [0.1, 0.15) is 16.7 Å². The molecule has 0 unspecified atom stereocenters. The van der Waals surface area contributed by atoms with Crippen molar-refractivity contribution in [1.29, 1.82) is 0 Å². The summed E-state index contributed by atoms with van der Waals surface area (Å²) in [6.45, 7) is 0. The summed E-state index contributed by atoms with van der Waals surface area (Å²) in [5, 5.41) is 7.03. The van der Waals surface area contributed by atoms with E-state index in [9.17, 15) is 0 Å². The van der Waals surface area contributed by atoms with Gasteiger partial charge in [-0.1, -0.05) is 127 Å². The van der Waals surface area contributed by atoms with Crippen LogP contribution >= 0.6 is 11.3 Å². The van der Waals surface area contributed by atoms with Crippen LogP contribution in [0.2, 0.25) is 0 Å². The average molecular weight is 684 g/mol. The first kappa shape index (κ1) is 29.1. The quantitative estimate of drug-likeness (QED) is 0.181. The molecule has 0 amide bonds. The Hall–Kier alpha value is -6.62. The topological polar surface area (TPSA) is 29.5 Å². The molecule has 0 aliphatic rings. The zero-order valence-corrected chi connectivity index (χ0v) is 28.7. The molecule has 0 aliphatic carbocycles. The van der Waals surface area contributed by atoms with Crippen LogP contribution in [0.1, 0.15) is 0 Å². The highest BCUT2D eigenvalue weighted by molar-refractivity contribution is 7.26. The second-order valence-electron chi connectivity index (χ2n) is 13.2. The highest BCUT2D eigenvalue weighted by Gasteiger charge is 2.21. The molecule has 3 aromatic heterocycles. The van der Waals surface area contributed by atoms with Crippen molar-refractivity contribution in [2.24, 2.45) is 0 Å². The van der Waals surface area contributed by atoms with Crippen LogP contribution in [0.15, 0.2) is 185 Å². The van der Waals surface area contributed by atoms with Gasteiger partial charge in [-0.05, 0) is 65.2 Å². The molecule has 3 nitrogen and oxygen atoms in total. The molecule has 0 aliphatic heterocycles. The Labute approximate surface area is 303 Å². The highest BCUT2D eigenvalue weighted by atomic mass is 32.1. The van der Waals surface area contributed by atoms with Crippen LogP contribution < -0.4 is 4.90 Å². The van der Waals surface area contributed by atoms with Gasteiger partial charge in [-0.2, -0.15) is 0 Å². The van der Waals surface area contributed by atoms with Crippen molar-refractivity contribution >= 4 is 92.4 Å². The minimum absolute atomic E-state index is 0.852. The number of nitrogens with zero attached hydrogens (tertiary/aromatic N) is 1. The van der Waals surface area contributed by atoms with Crippen molar-refractivity contribution < 1.29 is 8.83 Å². The summed E-state index contributed by atoms with van der Waals surface area (Å²) in [7, 11) is 0. The van der Waals surface area contributed by atoms with Gasteiger partial charge in [-0.3, -0.25) is 0 Å². The molecule has 52 heavy (non-hydrogen) atoms. The molecule has 0 bridgehead atoms. The third kappa shape index (κ3) is 4.45. The molecule has 0 fully saturated rings. The van der Waals surface area contributed by atoms with Gasteiger partial charge in [-0.25, -0.2) is 0 Å². The van der Waals surface area contributed by atoms with Crippen molar-refractivity contribution in [2.75, 3.05) is 4.90 Å². The predicted molar refractivity (Wildman–Crippen MR) is 219 cm³/mol. The SMILES string of the molecule is c1cc(-c2cccc3c2oc2ccccc23)cc(N(c2cccc(-c3cccc4c3sc3ccccc34)c2)c2cccc3c2oc2ccccc23)c1. The van der Waals surface area contributed by atoms with Gasteiger partial charge < -0.3 is 13.7 Å². The van der Waals surface area contributed by atoms with Gasteiger partial charge in [-0.15, -0.1) is 11.3 Å². The van der Waals surface area contributed by atoms with Crippen molar-refractivity contribution in [2.45, 2.75) is 0 Å². The van der Waals surface area contributed by atoms with Crippen LogP contribution in [0.5, 0.6) is 0 Å². The van der Waals surface area contributed by atoms with Gasteiger partial charge in [0, 0.05) is 58.7 Å². The lowest BCUT2D eigenvalue weighted by Crippen LogP contribution is -2.10. The van der Waals surface area contributed by atoms with Crippen LogP contribution in [-0.4, -0.2) is 0 Å². The lowest BCUT2D eigenvalue weighted by molar-refractivity contribution is 0.669. The zero-order chi connectivity index (χ0) is 34.2. The van der Waals surface area contributed by atoms with Crippen molar-refractivity contribution in [3.8, 4) is 22.3 Å². The molecule has 3 heterocycles. The van der Waals surface area contributed by atoms with Crippen LogP contribution in [0.3, 0.4) is 0 Å². The Kier molecular flexibility index (Phi) is 6.42. The highest BCUT2D eigenvalue weighted by Crippen LogP contribution is 2.46. The molecule has 11 rings (SSSR count). The largest absolute Gasteiger partial charge is 0.455 e. The number of benzene rings is 8. The van der Waals surface area contributed by atoms with Gasteiger partial charge in [0.2, 0.25) is 0 Å². The Morgan fingerprint density at radius 1 is 0.385 bits per heavy atom. The summed E-state index contributed by atoms with van der Waals surface area (Å²) >= 11 is 1.86. The first-order valence-electron chi connectivity index (χ1n) is 17.5. The summed E-state index contributed by atoms with van der Waals surface area (Å²) in [4.78, 5) is 2.33. The fraction of sp³-hybridized carbons (Fsp3) is 0. The fourth-order valence-electron chi connectivity index (χ4n) is 7.91. The van der Waals surface area contributed by atoms with Crippen LogP contribution in [-0.2, 0) is 0 Å². The maximum atomic E-state index is 6.66. The molecule has 244 valence electrons. The Morgan fingerprint density at radius 2 is 0.904 bits per heavy atom. The molecule has 8 aromatic carbocycles. The maximum Gasteiger partial charge on any atom is 0.159 e. The van der Waals surface area contributed by atoms with E-state index in [-0.39, 0.29) is 0 Å². The van der Waals surface area contributed by atoms with E-state index >= 15 is 0 Å². The first-order chi connectivity index (χ1) is 25.8. The maximum absolute atomic E-state index is 6.66. The van der Waals surface area contributed by atoms with Crippen LogP contribution in [0, 0.1) is 0 Å². The third-order valence-electron chi connectivity index (χ3n) is 10.3. The first-order valence-corrected chi connectivity index (χ1v) is 18.3. The van der Waals surface area contributed by atoms with E-state index in [2.05, 4.69) is 157 Å². The number of anilines is 3. The second-order valence-corrected chi connectivity index (χ2v) is 14.3. The summed E-state index contributed by atoms with van der Waals surface area (Å²) < 4.78 is 15.8. The predicted octanol–water partition coefficient (Wildman–Crippen LogP) is 14.7. The number of rotatable bonds is 5. The molecule has 11 aromatic rings. The number of para-hydroxylation sites is 4.